The van der Waals surface area contributed by atoms with E-state index in [-0.39, 0.29) is 5.41 Å². The van der Waals surface area contributed by atoms with Crippen LogP contribution in [0.1, 0.15) is 57.6 Å². The fraction of sp³-hybridized carbons (Fsp3) is 0.481. The Balaban J connectivity index is 0.000000179. The molecule has 0 saturated carbocycles. The summed E-state index contributed by atoms with van der Waals surface area (Å²) in [6, 6.07) is 17.8. The second-order valence-corrected chi connectivity index (χ2v) is 14.0. The first-order chi connectivity index (χ1) is 14.7. The van der Waals surface area contributed by atoms with Gasteiger partial charge in [-0.25, -0.2) is 0 Å². The topological polar surface area (TPSA) is 34.1 Å². The summed E-state index contributed by atoms with van der Waals surface area (Å²) in [5.41, 5.74) is 2.92. The Hall–Kier alpha value is -1.52. The van der Waals surface area contributed by atoms with Gasteiger partial charge in [-0.15, -0.1) is 0 Å². The summed E-state index contributed by atoms with van der Waals surface area (Å²) in [6.45, 7) is 8.83. The van der Waals surface area contributed by atoms with Crippen LogP contribution < -0.4 is 0 Å². The van der Waals surface area contributed by atoms with Crippen LogP contribution in [0.5, 0.6) is 0 Å². The monoisotopic (exact) mass is 456 g/mol. The van der Waals surface area contributed by atoms with Gasteiger partial charge in [0.1, 0.15) is 34.6 Å². The van der Waals surface area contributed by atoms with Crippen molar-refractivity contribution in [2.45, 2.75) is 68.6 Å². The molecule has 0 radical (unpaired) electrons. The normalized spacial score (nSPS) is 18.5. The zero-order valence-corrected chi connectivity index (χ0v) is 21.0. The van der Waals surface area contributed by atoms with Gasteiger partial charge < -0.3 is 0 Å². The summed E-state index contributed by atoms with van der Waals surface area (Å²) in [5, 5.41) is 0. The Labute approximate surface area is 193 Å². The van der Waals surface area contributed by atoms with E-state index >= 15 is 0 Å². The first kappa shape index (κ1) is 24.1. The molecule has 0 atom stereocenters. The molecule has 0 spiro atoms. The Kier molecular flexibility index (Phi) is 8.46. The Morgan fingerprint density at radius 3 is 1.32 bits per heavy atom. The zero-order chi connectivity index (χ0) is 22.4. The van der Waals surface area contributed by atoms with Gasteiger partial charge in [0.05, 0.1) is 25.7 Å². The van der Waals surface area contributed by atoms with Crippen LogP contribution in [0.4, 0.5) is 0 Å². The van der Waals surface area contributed by atoms with Gasteiger partial charge in [-0.2, -0.15) is 0 Å². The molecule has 2 heterocycles. The number of carbonyl (C=O) groups excluding carboxylic acids is 2. The molecule has 0 aromatic heterocycles. The summed E-state index contributed by atoms with van der Waals surface area (Å²) in [6.07, 6.45) is 3.14. The van der Waals surface area contributed by atoms with E-state index in [2.05, 4.69) is 76.2 Å². The molecular weight excluding hydrogens is 420 g/mol. The molecular formula is C27H36O2S2+2. The lowest BCUT2D eigenvalue weighted by molar-refractivity contribution is -0.119. The molecule has 0 aliphatic carbocycles. The predicted octanol–water partition coefficient (Wildman–Crippen LogP) is 5.66. The van der Waals surface area contributed by atoms with Crippen molar-refractivity contribution in [2.75, 3.05) is 23.0 Å². The van der Waals surface area contributed by atoms with Crippen molar-refractivity contribution in [3.63, 3.8) is 0 Å². The number of benzene rings is 2. The smallest absolute Gasteiger partial charge is 0.154 e. The number of hydrogen-bond acceptors (Lipinski definition) is 2. The summed E-state index contributed by atoms with van der Waals surface area (Å²) in [4.78, 5) is 25.2. The second kappa shape index (κ2) is 10.9. The highest BCUT2D eigenvalue weighted by molar-refractivity contribution is 7.97. The maximum Gasteiger partial charge on any atom is 0.154 e. The van der Waals surface area contributed by atoms with Crippen LogP contribution in [0.25, 0.3) is 0 Å². The van der Waals surface area contributed by atoms with Crippen molar-refractivity contribution in [1.82, 2.24) is 0 Å². The van der Waals surface area contributed by atoms with Crippen molar-refractivity contribution in [2.24, 2.45) is 0 Å². The standard InChI is InChI=1S/C15H21OS.C12H15OS/c1-15(2,3)12-4-6-14(7-5-12)17-10-8-13(16)9-11-17;1-10-2-4-12(5-3-10)14-8-6-11(13)7-9-14/h4-7H,8-11H2,1-3H3;2-5H,6-9H2,1H3/q2*+1. The highest BCUT2D eigenvalue weighted by atomic mass is 32.2. The molecule has 0 amide bonds. The van der Waals surface area contributed by atoms with Crippen LogP contribution in [-0.4, -0.2) is 34.6 Å². The fourth-order valence-electron chi connectivity index (χ4n) is 3.75. The second-order valence-electron chi connectivity index (χ2n) is 9.47. The van der Waals surface area contributed by atoms with Gasteiger partial charge in [-0.3, -0.25) is 9.59 Å². The lowest BCUT2D eigenvalue weighted by Gasteiger charge is -2.19. The van der Waals surface area contributed by atoms with Gasteiger partial charge in [0.2, 0.25) is 0 Å². The third-order valence-electron chi connectivity index (χ3n) is 5.92. The SMILES string of the molecule is CC(C)(C)c1ccc([S+]2CCC(=O)CC2)cc1.Cc1ccc([S+]2CCC(=O)CC2)cc1. The van der Waals surface area contributed by atoms with Crippen LogP contribution in [0, 0.1) is 6.92 Å². The van der Waals surface area contributed by atoms with Gasteiger partial charge in [0.15, 0.2) is 9.79 Å². The highest BCUT2D eigenvalue weighted by Gasteiger charge is 2.29. The van der Waals surface area contributed by atoms with Crippen LogP contribution in [0.2, 0.25) is 0 Å². The van der Waals surface area contributed by atoms with Gasteiger partial charge in [-0.05, 0) is 42.2 Å². The van der Waals surface area contributed by atoms with Crippen LogP contribution in [0.3, 0.4) is 0 Å². The minimum Gasteiger partial charge on any atom is -0.299 e. The maximum atomic E-state index is 11.2. The molecule has 0 bridgehead atoms. The average Bonchev–Trinajstić information content (AvgIpc) is 2.75. The Morgan fingerprint density at radius 1 is 0.613 bits per heavy atom. The first-order valence-corrected chi connectivity index (χ1v) is 14.4. The first-order valence-electron chi connectivity index (χ1n) is 11.3. The Morgan fingerprint density at radius 2 is 0.968 bits per heavy atom. The van der Waals surface area contributed by atoms with Crippen molar-refractivity contribution in [1.29, 1.82) is 0 Å². The van der Waals surface area contributed by atoms with E-state index in [0.29, 0.717) is 33.4 Å². The molecule has 4 heteroatoms. The predicted molar refractivity (Wildman–Crippen MR) is 136 cm³/mol. The number of aryl methyl sites for hydroxylation is 1. The number of ketones is 2. The molecule has 2 saturated heterocycles. The molecule has 0 unspecified atom stereocenters. The van der Waals surface area contributed by atoms with Crippen molar-refractivity contribution in [3.8, 4) is 0 Å². The number of Topliss-reactive ketones (excluding diaryl/α,β-unsaturated/α-hetero) is 2. The van der Waals surface area contributed by atoms with Gasteiger partial charge >= 0.3 is 0 Å². The Bertz CT molecular complexity index is 859. The average molecular weight is 457 g/mol. The third kappa shape index (κ3) is 7.25. The van der Waals surface area contributed by atoms with Crippen LogP contribution in [0.15, 0.2) is 58.3 Å². The molecule has 31 heavy (non-hydrogen) atoms. The quantitative estimate of drug-likeness (QED) is 0.547. The molecule has 2 nitrogen and oxygen atoms in total. The van der Waals surface area contributed by atoms with Gasteiger partial charge in [0.25, 0.3) is 0 Å². The fourth-order valence-corrected chi connectivity index (χ4v) is 8.04. The summed E-state index contributed by atoms with van der Waals surface area (Å²) >= 11 is 0. The number of hydrogen-bond donors (Lipinski definition) is 0. The minimum absolute atomic E-state index is 0.226. The van der Waals surface area contributed by atoms with Crippen molar-refractivity contribution < 1.29 is 9.59 Å². The molecule has 166 valence electrons. The lowest BCUT2D eigenvalue weighted by atomic mass is 9.87. The molecule has 2 aromatic carbocycles. The third-order valence-corrected chi connectivity index (χ3v) is 10.6. The minimum atomic E-state index is 0.226. The van der Waals surface area contributed by atoms with Gasteiger partial charge in [-0.1, -0.05) is 50.6 Å². The van der Waals surface area contributed by atoms with E-state index in [4.69, 9.17) is 0 Å². The van der Waals surface area contributed by atoms with E-state index in [1.54, 1.807) is 0 Å². The summed E-state index contributed by atoms with van der Waals surface area (Å²) in [5.74, 6) is 5.16. The number of rotatable bonds is 2. The van der Waals surface area contributed by atoms with E-state index in [1.165, 1.54) is 20.9 Å². The molecule has 4 rings (SSSR count). The molecule has 2 aromatic rings. The highest BCUT2D eigenvalue weighted by Crippen LogP contribution is 2.26. The summed E-state index contributed by atoms with van der Waals surface area (Å²) in [7, 11) is 0.658. The number of carbonyl (C=O) groups is 2. The largest absolute Gasteiger partial charge is 0.299 e. The summed E-state index contributed by atoms with van der Waals surface area (Å²) < 4.78 is 0. The zero-order valence-electron chi connectivity index (χ0n) is 19.4. The maximum absolute atomic E-state index is 11.2. The van der Waals surface area contributed by atoms with Crippen molar-refractivity contribution in [3.05, 3.63) is 59.7 Å². The van der Waals surface area contributed by atoms with E-state index < -0.39 is 0 Å². The van der Waals surface area contributed by atoms with Crippen molar-refractivity contribution >= 4 is 33.4 Å². The van der Waals surface area contributed by atoms with Crippen LogP contribution in [-0.2, 0) is 36.8 Å². The van der Waals surface area contributed by atoms with E-state index in [9.17, 15) is 9.59 Å². The molecule has 2 fully saturated rings. The molecule has 0 N–H and O–H groups in total. The van der Waals surface area contributed by atoms with E-state index in [0.717, 1.165) is 48.7 Å². The van der Waals surface area contributed by atoms with Gasteiger partial charge in [0, 0.05) is 21.8 Å². The molecule has 2 aliphatic rings. The van der Waals surface area contributed by atoms with E-state index in [1.807, 2.05) is 0 Å². The molecule has 2 aliphatic heterocycles. The lowest BCUT2D eigenvalue weighted by Crippen LogP contribution is -2.24. The van der Waals surface area contributed by atoms with Crippen LogP contribution >= 0.6 is 0 Å².